The lowest BCUT2D eigenvalue weighted by atomic mass is 10.2. The highest BCUT2D eigenvalue weighted by atomic mass is 35.5. The van der Waals surface area contributed by atoms with Gasteiger partial charge in [-0.1, -0.05) is 29.8 Å². The zero-order valence-corrected chi connectivity index (χ0v) is 16.1. The van der Waals surface area contributed by atoms with Gasteiger partial charge in [0.15, 0.2) is 0 Å². The summed E-state index contributed by atoms with van der Waals surface area (Å²) in [5, 5.41) is 7.68. The lowest BCUT2D eigenvalue weighted by molar-refractivity contribution is -0.124. The number of hydrogen-bond acceptors (Lipinski definition) is 5. The number of benzene rings is 1. The van der Waals surface area contributed by atoms with Crippen molar-refractivity contribution in [2.24, 2.45) is 5.73 Å². The van der Waals surface area contributed by atoms with E-state index in [2.05, 4.69) is 10.4 Å². The van der Waals surface area contributed by atoms with Gasteiger partial charge in [0.2, 0.25) is 11.8 Å². The third kappa shape index (κ3) is 6.06. The van der Waals surface area contributed by atoms with E-state index in [1.165, 1.54) is 0 Å². The molecule has 1 unspecified atom stereocenters. The number of nitrogens with two attached hydrogens (primary N) is 1. The van der Waals surface area contributed by atoms with Crippen LogP contribution in [0.2, 0.25) is 5.02 Å². The van der Waals surface area contributed by atoms with Crippen molar-refractivity contribution in [3.05, 3.63) is 47.1 Å². The minimum atomic E-state index is -0.584. The Morgan fingerprint density at radius 2 is 2.11 bits per heavy atom. The van der Waals surface area contributed by atoms with Crippen molar-refractivity contribution in [3.63, 3.8) is 0 Å². The normalized spacial score (nSPS) is 12.1. The molecule has 146 valence electrons. The van der Waals surface area contributed by atoms with Crippen LogP contribution in [-0.4, -0.2) is 59.3 Å². The third-order valence-corrected chi connectivity index (χ3v) is 4.52. The molecule has 27 heavy (non-hydrogen) atoms. The molecule has 2 amide bonds. The lowest BCUT2D eigenvalue weighted by Crippen LogP contribution is -2.47. The SMILES string of the molecule is COCCN(CC(=O)Nc1ccnn1Cc1ccccc1Cl)C(C)C(N)=O. The van der Waals surface area contributed by atoms with Crippen molar-refractivity contribution in [2.45, 2.75) is 19.5 Å². The minimum Gasteiger partial charge on any atom is -0.383 e. The van der Waals surface area contributed by atoms with Crippen LogP contribution in [0.1, 0.15) is 12.5 Å². The molecule has 0 saturated carbocycles. The summed E-state index contributed by atoms with van der Waals surface area (Å²) in [7, 11) is 1.56. The quantitative estimate of drug-likeness (QED) is 0.634. The summed E-state index contributed by atoms with van der Waals surface area (Å²) in [6, 6.07) is 8.56. The first-order valence-corrected chi connectivity index (χ1v) is 8.87. The molecule has 0 aliphatic heterocycles. The molecule has 0 spiro atoms. The predicted molar refractivity (Wildman–Crippen MR) is 104 cm³/mol. The van der Waals surface area contributed by atoms with Gasteiger partial charge in [-0.25, -0.2) is 4.68 Å². The molecule has 0 aliphatic rings. The first kappa shape index (κ1) is 20.9. The molecule has 1 aromatic heterocycles. The number of primary amides is 1. The van der Waals surface area contributed by atoms with Crippen LogP contribution in [0.15, 0.2) is 36.5 Å². The molecule has 0 fully saturated rings. The zero-order valence-electron chi connectivity index (χ0n) is 15.4. The van der Waals surface area contributed by atoms with Gasteiger partial charge in [-0.2, -0.15) is 5.10 Å². The van der Waals surface area contributed by atoms with E-state index in [4.69, 9.17) is 22.1 Å². The van der Waals surface area contributed by atoms with Gasteiger partial charge >= 0.3 is 0 Å². The number of nitrogens with one attached hydrogen (secondary N) is 1. The van der Waals surface area contributed by atoms with Gasteiger partial charge in [-0.3, -0.25) is 14.5 Å². The highest BCUT2D eigenvalue weighted by molar-refractivity contribution is 6.31. The van der Waals surface area contributed by atoms with Crippen LogP contribution in [0, 0.1) is 0 Å². The summed E-state index contributed by atoms with van der Waals surface area (Å²) in [4.78, 5) is 25.6. The first-order valence-electron chi connectivity index (χ1n) is 8.49. The van der Waals surface area contributed by atoms with E-state index < -0.39 is 11.9 Å². The van der Waals surface area contributed by atoms with Crippen LogP contribution >= 0.6 is 11.6 Å². The Morgan fingerprint density at radius 3 is 2.78 bits per heavy atom. The van der Waals surface area contributed by atoms with Crippen molar-refractivity contribution in [1.29, 1.82) is 0 Å². The fourth-order valence-corrected chi connectivity index (χ4v) is 2.71. The maximum absolute atomic E-state index is 12.5. The van der Waals surface area contributed by atoms with E-state index >= 15 is 0 Å². The second-order valence-corrected chi connectivity index (χ2v) is 6.46. The lowest BCUT2D eigenvalue weighted by Gasteiger charge is -2.25. The van der Waals surface area contributed by atoms with Crippen LogP contribution in [0.25, 0.3) is 0 Å². The number of rotatable bonds is 10. The first-order chi connectivity index (χ1) is 12.9. The summed E-state index contributed by atoms with van der Waals surface area (Å²) in [6.07, 6.45) is 1.60. The fraction of sp³-hybridized carbons (Fsp3) is 0.389. The van der Waals surface area contributed by atoms with Gasteiger partial charge in [-0.15, -0.1) is 0 Å². The van der Waals surface area contributed by atoms with E-state index in [0.29, 0.717) is 30.5 Å². The van der Waals surface area contributed by atoms with Crippen LogP contribution < -0.4 is 11.1 Å². The second kappa shape index (κ2) is 10.1. The van der Waals surface area contributed by atoms with Gasteiger partial charge in [0.1, 0.15) is 5.82 Å². The summed E-state index contributed by atoms with van der Waals surface area (Å²) in [6.45, 7) is 2.88. The van der Waals surface area contributed by atoms with Crippen LogP contribution in [0.4, 0.5) is 5.82 Å². The molecular formula is C18H24ClN5O3. The van der Waals surface area contributed by atoms with Gasteiger partial charge in [0.05, 0.1) is 31.9 Å². The molecule has 1 aromatic carbocycles. The molecule has 0 radical (unpaired) electrons. The van der Waals surface area contributed by atoms with Crippen LogP contribution in [-0.2, 0) is 20.9 Å². The monoisotopic (exact) mass is 393 g/mol. The molecule has 1 atom stereocenters. The zero-order chi connectivity index (χ0) is 19.8. The molecule has 0 bridgehead atoms. The minimum absolute atomic E-state index is 0.00470. The highest BCUT2D eigenvalue weighted by Crippen LogP contribution is 2.18. The fourth-order valence-electron chi connectivity index (χ4n) is 2.52. The molecule has 9 heteroatoms. The smallest absolute Gasteiger partial charge is 0.239 e. The molecule has 8 nitrogen and oxygen atoms in total. The number of amides is 2. The maximum atomic E-state index is 12.5. The van der Waals surface area contributed by atoms with Gasteiger partial charge in [0.25, 0.3) is 0 Å². The van der Waals surface area contributed by atoms with Crippen molar-refractivity contribution in [2.75, 3.05) is 32.1 Å². The number of methoxy groups -OCH3 is 1. The largest absolute Gasteiger partial charge is 0.383 e. The van der Waals surface area contributed by atoms with Crippen LogP contribution in [0.5, 0.6) is 0 Å². The Bertz CT molecular complexity index is 780. The van der Waals surface area contributed by atoms with Gasteiger partial charge in [0, 0.05) is 24.7 Å². The number of carbonyl (C=O) groups excluding carboxylic acids is 2. The Labute approximate surface area is 163 Å². The molecule has 2 aromatic rings. The Kier molecular flexibility index (Phi) is 7.78. The van der Waals surface area contributed by atoms with Crippen molar-refractivity contribution in [1.82, 2.24) is 14.7 Å². The average molecular weight is 394 g/mol. The number of nitrogens with zero attached hydrogens (tertiary/aromatic N) is 3. The molecule has 3 N–H and O–H groups in total. The van der Waals surface area contributed by atoms with E-state index in [-0.39, 0.29) is 12.5 Å². The van der Waals surface area contributed by atoms with E-state index in [0.717, 1.165) is 5.56 Å². The standard InChI is InChI=1S/C18H24ClN5O3/c1-13(18(20)26)23(9-10-27-2)12-17(25)22-16-7-8-21-24(16)11-14-5-3-4-6-15(14)19/h3-8,13H,9-12H2,1-2H3,(H2,20,26)(H,22,25). The highest BCUT2D eigenvalue weighted by Gasteiger charge is 2.21. The van der Waals surface area contributed by atoms with E-state index in [1.54, 1.807) is 41.9 Å². The van der Waals surface area contributed by atoms with Crippen molar-refractivity contribution < 1.29 is 14.3 Å². The van der Waals surface area contributed by atoms with Crippen LogP contribution in [0.3, 0.4) is 0 Å². The number of ether oxygens (including phenoxy) is 1. The summed E-state index contributed by atoms with van der Waals surface area (Å²) in [5.41, 5.74) is 6.26. The van der Waals surface area contributed by atoms with Crippen molar-refractivity contribution >= 4 is 29.2 Å². The summed E-state index contributed by atoms with van der Waals surface area (Å²) >= 11 is 6.19. The Hall–Kier alpha value is -2.42. The third-order valence-electron chi connectivity index (χ3n) is 4.15. The maximum Gasteiger partial charge on any atom is 0.239 e. The molecule has 2 rings (SSSR count). The molecular weight excluding hydrogens is 370 g/mol. The number of halogens is 1. The van der Waals surface area contributed by atoms with Gasteiger partial charge < -0.3 is 15.8 Å². The Balaban J connectivity index is 2.04. The molecule has 0 aliphatic carbocycles. The second-order valence-electron chi connectivity index (χ2n) is 6.06. The van der Waals surface area contributed by atoms with E-state index in [9.17, 15) is 9.59 Å². The van der Waals surface area contributed by atoms with E-state index in [1.807, 2.05) is 18.2 Å². The number of anilines is 1. The van der Waals surface area contributed by atoms with Gasteiger partial charge in [-0.05, 0) is 18.6 Å². The summed E-state index contributed by atoms with van der Waals surface area (Å²) in [5.74, 6) is -0.235. The number of carbonyl (C=O) groups is 2. The van der Waals surface area contributed by atoms with Crippen molar-refractivity contribution in [3.8, 4) is 0 Å². The molecule has 0 saturated heterocycles. The Morgan fingerprint density at radius 1 is 1.37 bits per heavy atom. The predicted octanol–water partition coefficient (Wildman–Crippen LogP) is 1.35. The number of aromatic nitrogens is 2. The summed E-state index contributed by atoms with van der Waals surface area (Å²) < 4.78 is 6.68. The topological polar surface area (TPSA) is 102 Å². The number of hydrogen-bond donors (Lipinski definition) is 2. The molecule has 1 heterocycles. The average Bonchev–Trinajstić information content (AvgIpc) is 3.06.